The molecular formula is C11H15NO2. The van der Waals surface area contributed by atoms with Gasteiger partial charge in [0.25, 0.3) is 0 Å². The van der Waals surface area contributed by atoms with Gasteiger partial charge >= 0.3 is 0 Å². The number of methoxy groups -OCH3 is 2. The van der Waals surface area contributed by atoms with E-state index in [0.717, 1.165) is 17.9 Å². The molecule has 0 heterocycles. The van der Waals surface area contributed by atoms with Gasteiger partial charge in [0.1, 0.15) is 0 Å². The lowest BCUT2D eigenvalue weighted by molar-refractivity contribution is 0.351. The molecule has 0 saturated carbocycles. The largest absolute Gasteiger partial charge is 0.493 e. The first kappa shape index (κ1) is 9.34. The van der Waals surface area contributed by atoms with Crippen LogP contribution in [-0.2, 0) is 6.42 Å². The lowest BCUT2D eigenvalue weighted by Crippen LogP contribution is -2.28. The molecule has 0 spiro atoms. The van der Waals surface area contributed by atoms with Crippen LogP contribution in [0.4, 0.5) is 0 Å². The monoisotopic (exact) mass is 193 g/mol. The fourth-order valence-electron chi connectivity index (χ4n) is 1.89. The average Bonchev–Trinajstić information content (AvgIpc) is 2.20. The van der Waals surface area contributed by atoms with Crippen LogP contribution >= 0.6 is 0 Å². The first-order valence-electron chi connectivity index (χ1n) is 4.72. The summed E-state index contributed by atoms with van der Waals surface area (Å²) in [5.74, 6) is 1.63. The fraction of sp³-hybridized carbons (Fsp3) is 0.455. The zero-order chi connectivity index (χ0) is 10.1. The molecule has 1 aromatic carbocycles. The minimum atomic E-state index is 0.477. The normalized spacial score (nSPS) is 18.4. The van der Waals surface area contributed by atoms with Gasteiger partial charge in [-0.1, -0.05) is 0 Å². The zero-order valence-electron chi connectivity index (χ0n) is 8.76. The maximum absolute atomic E-state index is 5.25. The van der Waals surface area contributed by atoms with Crippen molar-refractivity contribution in [1.29, 1.82) is 0 Å². The molecule has 0 fully saturated rings. The van der Waals surface area contributed by atoms with Crippen molar-refractivity contribution in [2.45, 2.75) is 12.5 Å². The second-order valence-electron chi connectivity index (χ2n) is 3.45. The maximum atomic E-state index is 5.25. The highest BCUT2D eigenvalue weighted by atomic mass is 16.5. The summed E-state index contributed by atoms with van der Waals surface area (Å²) < 4.78 is 10.5. The molecule has 76 valence electrons. The molecule has 3 heteroatoms. The van der Waals surface area contributed by atoms with Crippen molar-refractivity contribution in [3.05, 3.63) is 23.3 Å². The molecule has 14 heavy (non-hydrogen) atoms. The zero-order valence-corrected chi connectivity index (χ0v) is 8.76. The van der Waals surface area contributed by atoms with Gasteiger partial charge in [-0.15, -0.1) is 0 Å². The van der Waals surface area contributed by atoms with E-state index in [1.54, 1.807) is 14.2 Å². The Kier molecular flexibility index (Phi) is 2.33. The smallest absolute Gasteiger partial charge is 0.161 e. The van der Waals surface area contributed by atoms with E-state index in [4.69, 9.17) is 9.47 Å². The molecule has 1 atom stereocenters. The van der Waals surface area contributed by atoms with Crippen LogP contribution in [0.2, 0.25) is 0 Å². The van der Waals surface area contributed by atoms with Gasteiger partial charge in [0.2, 0.25) is 0 Å². The Hall–Kier alpha value is -1.22. The van der Waals surface area contributed by atoms with Crippen LogP contribution in [-0.4, -0.2) is 21.3 Å². The third-order valence-corrected chi connectivity index (χ3v) is 2.79. The molecule has 1 aliphatic carbocycles. The fourth-order valence-corrected chi connectivity index (χ4v) is 1.89. The molecule has 0 radical (unpaired) electrons. The molecule has 0 aliphatic heterocycles. The number of rotatable bonds is 3. The van der Waals surface area contributed by atoms with Gasteiger partial charge in [0.15, 0.2) is 11.5 Å². The van der Waals surface area contributed by atoms with E-state index < -0.39 is 0 Å². The number of benzene rings is 1. The first-order valence-corrected chi connectivity index (χ1v) is 4.72. The Morgan fingerprint density at radius 2 is 1.86 bits per heavy atom. The van der Waals surface area contributed by atoms with Crippen molar-refractivity contribution < 1.29 is 9.47 Å². The lowest BCUT2D eigenvalue weighted by Gasteiger charge is -2.30. The Morgan fingerprint density at radius 3 is 2.43 bits per heavy atom. The molecule has 1 N–H and O–H groups in total. The SMILES string of the molecule is CN[C@@H]1Cc2cc(OC)c(OC)cc21. The molecule has 1 aliphatic rings. The molecule has 0 aromatic heterocycles. The second kappa shape index (κ2) is 3.50. The molecule has 1 aromatic rings. The second-order valence-corrected chi connectivity index (χ2v) is 3.45. The van der Waals surface area contributed by atoms with Crippen molar-refractivity contribution in [3.8, 4) is 11.5 Å². The van der Waals surface area contributed by atoms with E-state index in [-0.39, 0.29) is 0 Å². The van der Waals surface area contributed by atoms with Crippen LogP contribution in [0, 0.1) is 0 Å². The molecule has 0 saturated heterocycles. The molecule has 0 unspecified atom stereocenters. The summed E-state index contributed by atoms with van der Waals surface area (Å²) in [6.45, 7) is 0. The van der Waals surface area contributed by atoms with Crippen LogP contribution < -0.4 is 14.8 Å². The Balaban J connectivity index is 2.38. The van der Waals surface area contributed by atoms with Crippen LogP contribution in [0.15, 0.2) is 12.1 Å². The van der Waals surface area contributed by atoms with E-state index in [1.165, 1.54) is 11.1 Å². The summed E-state index contributed by atoms with van der Waals surface area (Å²) >= 11 is 0. The Bertz CT molecular complexity index is 349. The van der Waals surface area contributed by atoms with Crippen molar-refractivity contribution in [3.63, 3.8) is 0 Å². The van der Waals surface area contributed by atoms with Crippen molar-refractivity contribution in [2.24, 2.45) is 0 Å². The molecule has 0 amide bonds. The Morgan fingerprint density at radius 1 is 1.21 bits per heavy atom. The van der Waals surface area contributed by atoms with Crippen LogP contribution in [0.5, 0.6) is 11.5 Å². The average molecular weight is 193 g/mol. The highest BCUT2D eigenvalue weighted by molar-refractivity contribution is 5.52. The minimum Gasteiger partial charge on any atom is -0.493 e. The third kappa shape index (κ3) is 1.24. The molecule has 2 rings (SSSR count). The maximum Gasteiger partial charge on any atom is 0.161 e. The van der Waals surface area contributed by atoms with E-state index in [9.17, 15) is 0 Å². The Labute approximate surface area is 84.0 Å². The number of hydrogen-bond donors (Lipinski definition) is 1. The van der Waals surface area contributed by atoms with Gasteiger partial charge in [-0.25, -0.2) is 0 Å². The molecule has 3 nitrogen and oxygen atoms in total. The van der Waals surface area contributed by atoms with Crippen molar-refractivity contribution in [2.75, 3.05) is 21.3 Å². The highest BCUT2D eigenvalue weighted by Gasteiger charge is 2.26. The van der Waals surface area contributed by atoms with Gasteiger partial charge in [-0.05, 0) is 36.7 Å². The summed E-state index contributed by atoms with van der Waals surface area (Å²) in [5, 5.41) is 3.25. The van der Waals surface area contributed by atoms with E-state index in [0.29, 0.717) is 6.04 Å². The van der Waals surface area contributed by atoms with E-state index in [2.05, 4.69) is 17.4 Å². The van der Waals surface area contributed by atoms with Gasteiger partial charge in [-0.3, -0.25) is 0 Å². The van der Waals surface area contributed by atoms with Crippen LogP contribution in [0.1, 0.15) is 17.2 Å². The quantitative estimate of drug-likeness (QED) is 0.789. The van der Waals surface area contributed by atoms with E-state index >= 15 is 0 Å². The summed E-state index contributed by atoms with van der Waals surface area (Å²) in [5.41, 5.74) is 2.67. The lowest BCUT2D eigenvalue weighted by atomic mass is 9.83. The first-order chi connectivity index (χ1) is 6.80. The predicted octanol–water partition coefficient (Wildman–Crippen LogP) is 1.52. The predicted molar refractivity (Wildman–Crippen MR) is 55.1 cm³/mol. The van der Waals surface area contributed by atoms with Gasteiger partial charge < -0.3 is 14.8 Å². The van der Waals surface area contributed by atoms with Gasteiger partial charge in [0.05, 0.1) is 14.2 Å². The molecular weight excluding hydrogens is 178 g/mol. The van der Waals surface area contributed by atoms with E-state index in [1.807, 2.05) is 7.05 Å². The van der Waals surface area contributed by atoms with Gasteiger partial charge in [0, 0.05) is 6.04 Å². The van der Waals surface area contributed by atoms with Gasteiger partial charge in [-0.2, -0.15) is 0 Å². The van der Waals surface area contributed by atoms with Crippen LogP contribution in [0.25, 0.3) is 0 Å². The summed E-state index contributed by atoms with van der Waals surface area (Å²) in [6.07, 6.45) is 1.08. The summed E-state index contributed by atoms with van der Waals surface area (Å²) in [4.78, 5) is 0. The molecule has 0 bridgehead atoms. The summed E-state index contributed by atoms with van der Waals surface area (Å²) in [6, 6.07) is 4.59. The highest BCUT2D eigenvalue weighted by Crippen LogP contribution is 2.40. The number of nitrogens with one attached hydrogen (secondary N) is 1. The van der Waals surface area contributed by atoms with Crippen molar-refractivity contribution in [1.82, 2.24) is 5.32 Å². The number of hydrogen-bond acceptors (Lipinski definition) is 3. The minimum absolute atomic E-state index is 0.477. The number of likely N-dealkylation sites (N-methyl/N-ethyl adjacent to an activating group) is 1. The van der Waals surface area contributed by atoms with Crippen molar-refractivity contribution >= 4 is 0 Å². The standard InChI is InChI=1S/C11H15NO2/c1-12-9-4-7-5-10(13-2)11(14-3)6-8(7)9/h5-6,9,12H,4H2,1-3H3/t9-/m1/s1. The third-order valence-electron chi connectivity index (χ3n) is 2.79. The van der Waals surface area contributed by atoms with Crippen LogP contribution in [0.3, 0.4) is 0 Å². The summed E-state index contributed by atoms with van der Waals surface area (Å²) in [7, 11) is 5.31. The number of fused-ring (bicyclic) bond motifs is 1. The number of ether oxygens (including phenoxy) is 2. The topological polar surface area (TPSA) is 30.5 Å².